The largest absolute Gasteiger partial charge is 0.399 e. The van der Waals surface area contributed by atoms with Crippen molar-refractivity contribution in [3.05, 3.63) is 51.5 Å². The normalized spacial score (nSPS) is 11.3. The Balaban J connectivity index is 2.44. The lowest BCUT2D eigenvalue weighted by molar-refractivity contribution is 0.600. The Hall–Kier alpha value is -1.24. The van der Waals surface area contributed by atoms with E-state index in [1.807, 2.05) is 0 Å². The zero-order valence-electron chi connectivity index (χ0n) is 10.5. The quantitative estimate of drug-likeness (QED) is 0.802. The molecule has 0 saturated carbocycles. The topological polar surface area (TPSA) is 72.2 Å². The predicted octanol–water partition coefficient (Wildman–Crippen LogP) is 3.79. The van der Waals surface area contributed by atoms with E-state index in [9.17, 15) is 8.42 Å². The van der Waals surface area contributed by atoms with Crippen molar-refractivity contribution in [2.75, 3.05) is 10.5 Å². The fourth-order valence-corrected chi connectivity index (χ4v) is 4.05. The van der Waals surface area contributed by atoms with Gasteiger partial charge in [-0.3, -0.25) is 4.72 Å². The zero-order valence-corrected chi connectivity index (χ0v) is 13.7. The highest BCUT2D eigenvalue weighted by molar-refractivity contribution is 9.10. The number of anilines is 2. The van der Waals surface area contributed by atoms with Gasteiger partial charge in [-0.1, -0.05) is 17.7 Å². The first-order valence-electron chi connectivity index (χ1n) is 5.64. The molecule has 3 N–H and O–H groups in total. The van der Waals surface area contributed by atoms with Crippen LogP contribution >= 0.6 is 27.5 Å². The fourth-order valence-electron chi connectivity index (χ4n) is 1.65. The summed E-state index contributed by atoms with van der Waals surface area (Å²) in [5, 5.41) is 0.501. The van der Waals surface area contributed by atoms with Gasteiger partial charge in [0, 0.05) is 15.2 Å². The molecule has 0 unspecified atom stereocenters. The first-order chi connectivity index (χ1) is 9.31. The summed E-state index contributed by atoms with van der Waals surface area (Å²) >= 11 is 9.18. The molecule has 2 rings (SSSR count). The summed E-state index contributed by atoms with van der Waals surface area (Å²) in [5.74, 6) is 0. The molecule has 106 valence electrons. The van der Waals surface area contributed by atoms with E-state index in [2.05, 4.69) is 20.7 Å². The summed E-state index contributed by atoms with van der Waals surface area (Å²) in [6.07, 6.45) is 0. The van der Waals surface area contributed by atoms with Crippen molar-refractivity contribution in [2.45, 2.75) is 11.8 Å². The lowest BCUT2D eigenvalue weighted by Crippen LogP contribution is -2.14. The molecule has 0 heterocycles. The van der Waals surface area contributed by atoms with Crippen LogP contribution in [0.2, 0.25) is 5.02 Å². The van der Waals surface area contributed by atoms with E-state index in [1.54, 1.807) is 31.2 Å². The second-order valence-electron chi connectivity index (χ2n) is 4.21. The van der Waals surface area contributed by atoms with Gasteiger partial charge in [0.05, 0.1) is 5.69 Å². The number of nitrogens with two attached hydrogens (primary N) is 1. The molecule has 2 aromatic carbocycles. The van der Waals surface area contributed by atoms with Crippen LogP contribution in [-0.2, 0) is 10.0 Å². The highest BCUT2D eigenvalue weighted by Gasteiger charge is 2.19. The molecule has 20 heavy (non-hydrogen) atoms. The lowest BCUT2D eigenvalue weighted by atomic mass is 10.2. The molecule has 0 aliphatic heterocycles. The van der Waals surface area contributed by atoms with E-state index in [4.69, 9.17) is 17.3 Å². The van der Waals surface area contributed by atoms with Crippen molar-refractivity contribution in [1.82, 2.24) is 0 Å². The van der Waals surface area contributed by atoms with Crippen LogP contribution in [-0.4, -0.2) is 8.42 Å². The molecule has 4 nitrogen and oxygen atoms in total. The minimum Gasteiger partial charge on any atom is -0.399 e. The minimum atomic E-state index is -3.71. The van der Waals surface area contributed by atoms with Crippen molar-refractivity contribution in [3.63, 3.8) is 0 Å². The molecule has 0 spiro atoms. The Kier molecular flexibility index (Phi) is 4.27. The maximum absolute atomic E-state index is 12.4. The third-order valence-corrected chi connectivity index (χ3v) is 5.51. The van der Waals surface area contributed by atoms with Gasteiger partial charge in [-0.05, 0) is 58.7 Å². The van der Waals surface area contributed by atoms with Crippen molar-refractivity contribution in [2.24, 2.45) is 0 Å². The van der Waals surface area contributed by atoms with Gasteiger partial charge in [-0.25, -0.2) is 8.42 Å². The molecule has 0 aliphatic rings. The third-order valence-electron chi connectivity index (χ3n) is 2.76. The molecule has 2 aromatic rings. The fraction of sp³-hybridized carbons (Fsp3) is 0.0769. The molecule has 0 aromatic heterocycles. The van der Waals surface area contributed by atoms with E-state index in [1.165, 1.54) is 12.1 Å². The Morgan fingerprint density at radius 1 is 1.25 bits per heavy atom. The smallest absolute Gasteiger partial charge is 0.263 e. The number of halogens is 2. The van der Waals surface area contributed by atoms with Crippen LogP contribution < -0.4 is 10.5 Å². The standard InChI is InChI=1S/C13H12BrClN2O2S/c1-8-11(15)3-2-4-12(8)17-20(18,19)13-6-5-9(16)7-10(13)14/h2-7,17H,16H2,1H3. The van der Waals surface area contributed by atoms with Gasteiger partial charge in [-0.15, -0.1) is 0 Å². The third kappa shape index (κ3) is 3.08. The number of hydrogen-bond acceptors (Lipinski definition) is 3. The van der Waals surface area contributed by atoms with Gasteiger partial charge in [0.1, 0.15) is 4.90 Å². The Morgan fingerprint density at radius 2 is 1.95 bits per heavy atom. The maximum Gasteiger partial charge on any atom is 0.263 e. The van der Waals surface area contributed by atoms with Gasteiger partial charge in [-0.2, -0.15) is 0 Å². The molecule has 0 radical (unpaired) electrons. The monoisotopic (exact) mass is 374 g/mol. The average molecular weight is 376 g/mol. The highest BCUT2D eigenvalue weighted by Crippen LogP contribution is 2.29. The van der Waals surface area contributed by atoms with Crippen LogP contribution in [0.1, 0.15) is 5.56 Å². The molecule has 0 fully saturated rings. The number of hydrogen-bond donors (Lipinski definition) is 2. The molecule has 0 atom stereocenters. The molecule has 0 bridgehead atoms. The number of benzene rings is 2. The Bertz CT molecular complexity index is 763. The summed E-state index contributed by atoms with van der Waals surface area (Å²) < 4.78 is 27.7. The van der Waals surface area contributed by atoms with Gasteiger partial charge in [0.15, 0.2) is 0 Å². The Labute approximate surface area is 131 Å². The number of nitrogen functional groups attached to an aromatic ring is 1. The lowest BCUT2D eigenvalue weighted by Gasteiger charge is -2.12. The molecule has 0 saturated heterocycles. The summed E-state index contributed by atoms with van der Waals surface area (Å²) in [7, 11) is -3.71. The molecule has 0 aliphatic carbocycles. The van der Waals surface area contributed by atoms with Gasteiger partial charge >= 0.3 is 0 Å². The van der Waals surface area contributed by atoms with Crippen LogP contribution in [0.3, 0.4) is 0 Å². The van der Waals surface area contributed by atoms with Crippen LogP contribution in [0, 0.1) is 6.92 Å². The van der Waals surface area contributed by atoms with Crippen molar-refractivity contribution < 1.29 is 8.42 Å². The SMILES string of the molecule is Cc1c(Cl)cccc1NS(=O)(=O)c1ccc(N)cc1Br. The molecular formula is C13H12BrClN2O2S. The van der Waals surface area contributed by atoms with E-state index in [-0.39, 0.29) is 4.90 Å². The summed E-state index contributed by atoms with van der Waals surface area (Å²) in [4.78, 5) is 0.117. The summed E-state index contributed by atoms with van der Waals surface area (Å²) in [6, 6.07) is 9.56. The van der Waals surface area contributed by atoms with Crippen LogP contribution in [0.5, 0.6) is 0 Å². The van der Waals surface area contributed by atoms with E-state index >= 15 is 0 Å². The minimum absolute atomic E-state index is 0.117. The predicted molar refractivity (Wildman–Crippen MR) is 85.6 cm³/mol. The number of nitrogens with one attached hydrogen (secondary N) is 1. The highest BCUT2D eigenvalue weighted by atomic mass is 79.9. The number of rotatable bonds is 3. The van der Waals surface area contributed by atoms with E-state index < -0.39 is 10.0 Å². The average Bonchev–Trinajstić information content (AvgIpc) is 2.34. The van der Waals surface area contributed by atoms with E-state index in [0.29, 0.717) is 26.4 Å². The molecular weight excluding hydrogens is 364 g/mol. The maximum atomic E-state index is 12.4. The van der Waals surface area contributed by atoms with Crippen LogP contribution in [0.4, 0.5) is 11.4 Å². The van der Waals surface area contributed by atoms with Gasteiger partial charge in [0.2, 0.25) is 0 Å². The number of sulfonamides is 1. The summed E-state index contributed by atoms with van der Waals surface area (Å²) in [5.41, 5.74) is 7.20. The van der Waals surface area contributed by atoms with Crippen LogP contribution in [0.25, 0.3) is 0 Å². The van der Waals surface area contributed by atoms with Crippen molar-refractivity contribution in [3.8, 4) is 0 Å². The first-order valence-corrected chi connectivity index (χ1v) is 8.29. The van der Waals surface area contributed by atoms with Crippen LogP contribution in [0.15, 0.2) is 45.8 Å². The van der Waals surface area contributed by atoms with Crippen molar-refractivity contribution in [1.29, 1.82) is 0 Å². The van der Waals surface area contributed by atoms with Gasteiger partial charge < -0.3 is 5.73 Å². The van der Waals surface area contributed by atoms with E-state index in [0.717, 1.165) is 0 Å². The zero-order chi connectivity index (χ0) is 14.9. The second kappa shape index (κ2) is 5.63. The second-order valence-corrected chi connectivity index (χ2v) is 7.12. The van der Waals surface area contributed by atoms with Crippen molar-refractivity contribution >= 4 is 48.9 Å². The molecule has 0 amide bonds. The Morgan fingerprint density at radius 3 is 2.60 bits per heavy atom. The summed E-state index contributed by atoms with van der Waals surface area (Å²) in [6.45, 7) is 1.75. The molecule has 7 heteroatoms. The first kappa shape index (κ1) is 15.2. The van der Waals surface area contributed by atoms with Gasteiger partial charge in [0.25, 0.3) is 10.0 Å².